The number of anilines is 2. The molecule has 0 radical (unpaired) electrons. The van der Waals surface area contributed by atoms with Gasteiger partial charge in [-0.2, -0.15) is 0 Å². The summed E-state index contributed by atoms with van der Waals surface area (Å²) >= 11 is 0. The fourth-order valence-electron chi connectivity index (χ4n) is 4.44. The maximum Gasteiger partial charge on any atom is 0.128 e. The highest BCUT2D eigenvalue weighted by molar-refractivity contribution is 5.72. The summed E-state index contributed by atoms with van der Waals surface area (Å²) in [6.07, 6.45) is 0.743. The molecule has 1 aliphatic heterocycles. The number of benzene rings is 3. The van der Waals surface area contributed by atoms with Gasteiger partial charge < -0.3 is 29.6 Å². The fourth-order valence-corrected chi connectivity index (χ4v) is 4.44. The molecule has 32 heavy (non-hydrogen) atoms. The molecule has 3 aromatic rings. The first-order chi connectivity index (χ1) is 15.5. The van der Waals surface area contributed by atoms with Crippen LogP contribution in [0.2, 0.25) is 0 Å². The molecular formula is C26H30N2O4. The van der Waals surface area contributed by atoms with E-state index in [9.17, 15) is 0 Å². The molecule has 1 aliphatic rings. The molecule has 0 fully saturated rings. The third-order valence-corrected chi connectivity index (χ3v) is 6.10. The molecule has 0 saturated carbocycles. The van der Waals surface area contributed by atoms with Gasteiger partial charge in [-0.3, -0.25) is 0 Å². The summed E-state index contributed by atoms with van der Waals surface area (Å²) in [5.74, 6) is 3.08. The van der Waals surface area contributed by atoms with Gasteiger partial charge in [-0.25, -0.2) is 0 Å². The molecular weight excluding hydrogens is 404 g/mol. The Bertz CT molecular complexity index is 1100. The van der Waals surface area contributed by atoms with Crippen molar-refractivity contribution in [2.45, 2.75) is 24.9 Å². The predicted octanol–water partition coefficient (Wildman–Crippen LogP) is 5.61. The number of fused-ring (bicyclic) bond motifs is 1. The summed E-state index contributed by atoms with van der Waals surface area (Å²) in [4.78, 5) is 0. The first kappa shape index (κ1) is 21.7. The van der Waals surface area contributed by atoms with Gasteiger partial charge in [0.25, 0.3) is 0 Å². The van der Waals surface area contributed by atoms with Crippen LogP contribution in [0, 0.1) is 0 Å². The quantitative estimate of drug-likeness (QED) is 0.526. The number of hydrogen-bond donors (Lipinski definition) is 2. The summed E-state index contributed by atoms with van der Waals surface area (Å²) in [7, 11) is 6.69. The number of rotatable bonds is 6. The average Bonchev–Trinajstić information content (AvgIpc) is 2.99. The number of hydrogen-bond acceptors (Lipinski definition) is 6. The van der Waals surface area contributed by atoms with Crippen molar-refractivity contribution >= 4 is 11.4 Å². The van der Waals surface area contributed by atoms with Gasteiger partial charge in [-0.1, -0.05) is 12.1 Å². The zero-order chi connectivity index (χ0) is 22.7. The second kappa shape index (κ2) is 8.91. The monoisotopic (exact) mass is 434 g/mol. The number of nitrogens with one attached hydrogen (secondary N) is 2. The number of ether oxygens (including phenoxy) is 4. The second-order valence-electron chi connectivity index (χ2n) is 8.08. The van der Waals surface area contributed by atoms with E-state index in [1.165, 1.54) is 0 Å². The summed E-state index contributed by atoms with van der Waals surface area (Å²) in [6, 6.07) is 20.1. The molecule has 0 aromatic heterocycles. The Balaban J connectivity index is 1.85. The minimum Gasteiger partial charge on any atom is -0.497 e. The van der Waals surface area contributed by atoms with Crippen molar-refractivity contribution in [3.05, 3.63) is 71.8 Å². The van der Waals surface area contributed by atoms with Gasteiger partial charge in [0.15, 0.2) is 0 Å². The van der Waals surface area contributed by atoms with Crippen LogP contribution in [0.15, 0.2) is 60.7 Å². The molecule has 1 heterocycles. The van der Waals surface area contributed by atoms with Gasteiger partial charge in [0.1, 0.15) is 23.0 Å². The van der Waals surface area contributed by atoms with E-state index in [2.05, 4.69) is 41.8 Å². The van der Waals surface area contributed by atoms with Crippen LogP contribution in [0.25, 0.3) is 0 Å². The molecule has 4 rings (SSSR count). The highest BCUT2D eigenvalue weighted by Gasteiger charge is 2.37. The first-order valence-electron chi connectivity index (χ1n) is 10.6. The van der Waals surface area contributed by atoms with Gasteiger partial charge in [-0.15, -0.1) is 0 Å². The van der Waals surface area contributed by atoms with Crippen LogP contribution in [0.5, 0.6) is 23.0 Å². The number of methoxy groups -OCH3 is 4. The zero-order valence-corrected chi connectivity index (χ0v) is 19.2. The lowest BCUT2D eigenvalue weighted by Gasteiger charge is -2.34. The average molecular weight is 435 g/mol. The largest absolute Gasteiger partial charge is 0.497 e. The standard InChI is InChI=1S/C26H30N2O4/c1-26(20-13-11-18(30-3)15-25(20)32-5)16-23(27-21-8-6-7-9-22(21)28-26)19-12-10-17(29-2)14-24(19)31-4/h6-15,23,27-28H,16H2,1-5H3/t23-,26-/m0/s1. The zero-order valence-electron chi connectivity index (χ0n) is 19.2. The molecule has 0 aliphatic carbocycles. The molecule has 2 N–H and O–H groups in total. The summed E-state index contributed by atoms with van der Waals surface area (Å²) in [5.41, 5.74) is 3.74. The van der Waals surface area contributed by atoms with Crippen molar-refractivity contribution < 1.29 is 18.9 Å². The van der Waals surface area contributed by atoms with Gasteiger partial charge in [0.2, 0.25) is 0 Å². The van der Waals surface area contributed by atoms with Gasteiger partial charge in [0, 0.05) is 23.3 Å². The maximum atomic E-state index is 5.77. The molecule has 3 aromatic carbocycles. The molecule has 0 amide bonds. The van der Waals surface area contributed by atoms with E-state index in [4.69, 9.17) is 18.9 Å². The number of para-hydroxylation sites is 2. The van der Waals surface area contributed by atoms with Crippen LogP contribution in [0.1, 0.15) is 30.5 Å². The third-order valence-electron chi connectivity index (χ3n) is 6.10. The minimum absolute atomic E-state index is 0.0242. The third kappa shape index (κ3) is 4.00. The summed E-state index contributed by atoms with van der Waals surface area (Å²) in [6.45, 7) is 2.20. The second-order valence-corrected chi connectivity index (χ2v) is 8.08. The topological polar surface area (TPSA) is 61.0 Å². The fraction of sp³-hybridized carbons (Fsp3) is 0.308. The highest BCUT2D eigenvalue weighted by atomic mass is 16.5. The Morgan fingerprint density at radius 3 is 2.03 bits per heavy atom. The maximum absolute atomic E-state index is 5.77. The molecule has 168 valence electrons. The normalized spacial score (nSPS) is 19.6. The predicted molar refractivity (Wildman–Crippen MR) is 127 cm³/mol. The molecule has 2 atom stereocenters. The molecule has 6 heteroatoms. The van der Waals surface area contributed by atoms with Crippen molar-refractivity contribution in [2.75, 3.05) is 39.1 Å². The van der Waals surface area contributed by atoms with Crippen molar-refractivity contribution in [2.24, 2.45) is 0 Å². The summed E-state index contributed by atoms with van der Waals surface area (Å²) < 4.78 is 22.3. The van der Waals surface area contributed by atoms with E-state index in [1.54, 1.807) is 28.4 Å². The molecule has 0 unspecified atom stereocenters. The molecule has 6 nitrogen and oxygen atoms in total. The SMILES string of the molecule is COc1ccc([C@@H]2C[C@@](C)(c3ccc(OC)cc3OC)Nc3ccccc3N2)c(OC)c1. The smallest absolute Gasteiger partial charge is 0.128 e. The Labute approximate surface area is 189 Å². The van der Waals surface area contributed by atoms with Gasteiger partial charge in [0.05, 0.1) is 51.4 Å². The van der Waals surface area contributed by atoms with Crippen LogP contribution in [0.3, 0.4) is 0 Å². The van der Waals surface area contributed by atoms with E-state index in [1.807, 2.05) is 36.4 Å². The lowest BCUT2D eigenvalue weighted by atomic mass is 9.83. The Morgan fingerprint density at radius 2 is 1.38 bits per heavy atom. The Kier molecular flexibility index (Phi) is 6.04. The molecule has 0 spiro atoms. The van der Waals surface area contributed by atoms with Crippen LogP contribution >= 0.6 is 0 Å². The van der Waals surface area contributed by atoms with E-state index in [0.717, 1.165) is 51.9 Å². The Hall–Kier alpha value is -3.54. The van der Waals surface area contributed by atoms with Crippen LogP contribution in [0.4, 0.5) is 11.4 Å². The molecule has 0 bridgehead atoms. The van der Waals surface area contributed by atoms with Crippen molar-refractivity contribution in [1.29, 1.82) is 0 Å². The van der Waals surface area contributed by atoms with E-state index in [0.29, 0.717) is 0 Å². The lowest BCUT2D eigenvalue weighted by Crippen LogP contribution is -2.34. The van der Waals surface area contributed by atoms with Gasteiger partial charge in [-0.05, 0) is 49.7 Å². The van der Waals surface area contributed by atoms with E-state index in [-0.39, 0.29) is 6.04 Å². The van der Waals surface area contributed by atoms with Crippen LogP contribution in [-0.2, 0) is 5.54 Å². The molecule has 0 saturated heterocycles. The van der Waals surface area contributed by atoms with Crippen molar-refractivity contribution in [3.63, 3.8) is 0 Å². The summed E-state index contributed by atoms with van der Waals surface area (Å²) in [5, 5.41) is 7.50. The first-order valence-corrected chi connectivity index (χ1v) is 10.6. The van der Waals surface area contributed by atoms with E-state index < -0.39 is 5.54 Å². The van der Waals surface area contributed by atoms with Crippen molar-refractivity contribution in [1.82, 2.24) is 0 Å². The van der Waals surface area contributed by atoms with E-state index >= 15 is 0 Å². The highest BCUT2D eigenvalue weighted by Crippen LogP contribution is 2.47. The van der Waals surface area contributed by atoms with Crippen LogP contribution in [-0.4, -0.2) is 28.4 Å². The minimum atomic E-state index is -0.438. The lowest BCUT2D eigenvalue weighted by molar-refractivity contribution is 0.368. The van der Waals surface area contributed by atoms with Crippen LogP contribution < -0.4 is 29.6 Å². The van der Waals surface area contributed by atoms with Gasteiger partial charge >= 0.3 is 0 Å². The van der Waals surface area contributed by atoms with Crippen molar-refractivity contribution in [3.8, 4) is 23.0 Å². The Morgan fingerprint density at radius 1 is 0.750 bits per heavy atom.